The molecule has 21 nitrogen and oxygen atoms in total. The van der Waals surface area contributed by atoms with Crippen molar-refractivity contribution in [3.8, 4) is 11.5 Å². The Bertz CT molecular complexity index is 2880. The number of carboxylic acids is 2. The second-order valence-electron chi connectivity index (χ2n) is 12.1. The maximum absolute atomic E-state index is 12.4. The largest absolute Gasteiger partial charge is 0.505 e. The second kappa shape index (κ2) is 22.9. The van der Waals surface area contributed by atoms with Crippen molar-refractivity contribution in [2.45, 2.75) is 9.79 Å². The Balaban J connectivity index is 0.00000341. The Morgan fingerprint density at radius 1 is 0.476 bits per heavy atom. The van der Waals surface area contributed by atoms with Crippen molar-refractivity contribution in [1.82, 2.24) is 0 Å². The predicted octanol–water partition coefficient (Wildman–Crippen LogP) is 5.00. The quantitative estimate of drug-likeness (QED) is 0.0378. The van der Waals surface area contributed by atoms with Gasteiger partial charge in [0, 0.05) is 152 Å². The number of benzene rings is 6. The Morgan fingerprint density at radius 3 is 1.17 bits per heavy atom. The van der Waals surface area contributed by atoms with Gasteiger partial charge >= 0.3 is 23.8 Å². The maximum Gasteiger partial charge on any atom is 0.394 e. The van der Waals surface area contributed by atoms with Gasteiger partial charge in [-0.25, -0.2) is 9.59 Å². The number of azo groups is 2. The first-order valence-corrected chi connectivity index (χ1v) is 19.1. The van der Waals surface area contributed by atoms with Crippen LogP contribution in [0.4, 0.5) is 45.5 Å². The van der Waals surface area contributed by atoms with Crippen LogP contribution < -0.4 is 16.0 Å². The van der Waals surface area contributed by atoms with Gasteiger partial charge in [-0.15, -0.1) is 10.2 Å². The summed E-state index contributed by atoms with van der Waals surface area (Å²) in [4.78, 5) is 43.1. The summed E-state index contributed by atoms with van der Waals surface area (Å²) in [5.41, 5.74) is -0.628. The molecule has 9 N–H and O–H groups in total. The van der Waals surface area contributed by atoms with Gasteiger partial charge in [0.2, 0.25) is 0 Å². The summed E-state index contributed by atoms with van der Waals surface area (Å²) in [6.07, 6.45) is 0. The molecule has 2 amide bonds. The normalized spacial score (nSPS) is 11.1. The summed E-state index contributed by atoms with van der Waals surface area (Å²) in [5.74, 6) is -7.52. The number of hydrogen-bond donors (Lipinski definition) is 9. The number of rotatable bonds is 10. The first-order chi connectivity index (χ1) is 27.8. The third-order valence-electron chi connectivity index (χ3n) is 8.07. The number of phenols is 2. The SMILES string of the molecule is O=C(O)C(=O)Nc1cccc(N=Nc2c(S(=O)(=O)O)cc3cc(Nc4ccc5c(O)c(N=Nc6cccc(NC(=O)C(=O)O)c6)c(S(=O)(=O)O)cc5c4)ccc3c2O)c1.[Na].[Na].[Na].[Na]. The van der Waals surface area contributed by atoms with E-state index in [-0.39, 0.29) is 163 Å². The molecule has 0 saturated heterocycles. The summed E-state index contributed by atoms with van der Waals surface area (Å²) in [6.45, 7) is 0. The van der Waals surface area contributed by atoms with Crippen LogP contribution in [0.3, 0.4) is 0 Å². The molecule has 304 valence electrons. The topological polar surface area (TPSA) is 343 Å². The van der Waals surface area contributed by atoms with Gasteiger partial charge in [-0.05, 0) is 95.7 Å². The summed E-state index contributed by atoms with van der Waals surface area (Å²) < 4.78 is 69.8. The zero-order valence-corrected chi connectivity index (χ0v) is 42.9. The monoisotopic (exact) mass is 935 g/mol. The molecule has 6 aromatic carbocycles. The average molecular weight is 936 g/mol. The molecule has 63 heavy (non-hydrogen) atoms. The van der Waals surface area contributed by atoms with Gasteiger partial charge in [0.15, 0.2) is 11.5 Å². The molecular weight excluding hydrogens is 911 g/mol. The van der Waals surface area contributed by atoms with Gasteiger partial charge in [-0.2, -0.15) is 27.1 Å². The molecule has 0 aliphatic rings. The first-order valence-electron chi connectivity index (χ1n) is 16.2. The summed E-state index contributed by atoms with van der Waals surface area (Å²) in [7, 11) is -10.1. The van der Waals surface area contributed by atoms with Gasteiger partial charge < -0.3 is 36.4 Å². The molecule has 4 radical (unpaired) electrons. The van der Waals surface area contributed by atoms with E-state index in [1.165, 1.54) is 84.9 Å². The van der Waals surface area contributed by atoms with E-state index in [1.807, 2.05) is 0 Å². The molecule has 0 atom stereocenters. The van der Waals surface area contributed by atoms with E-state index in [0.717, 1.165) is 12.1 Å². The van der Waals surface area contributed by atoms with Gasteiger partial charge in [0.25, 0.3) is 20.2 Å². The summed E-state index contributed by atoms with van der Waals surface area (Å²) in [5, 5.41) is 62.8. The molecule has 0 aromatic heterocycles. The van der Waals surface area contributed by atoms with E-state index in [2.05, 4.69) is 36.4 Å². The Morgan fingerprint density at radius 2 is 0.841 bits per heavy atom. The number of aliphatic carboxylic acids is 2. The number of hydrogen-bond acceptors (Lipinski definition) is 15. The summed E-state index contributed by atoms with van der Waals surface area (Å²) in [6, 6.07) is 21.2. The number of phenolic OH excluding ortho intramolecular Hbond substituents is 2. The van der Waals surface area contributed by atoms with Crippen molar-refractivity contribution in [3.63, 3.8) is 0 Å². The molecule has 27 heteroatoms. The number of nitrogens with zero attached hydrogens (tertiary/aromatic N) is 4. The van der Waals surface area contributed by atoms with Crippen LogP contribution in [-0.4, -0.2) is 188 Å². The number of aromatic hydroxyl groups is 2. The number of amides is 2. The minimum atomic E-state index is -5.03. The minimum absolute atomic E-state index is 0. The zero-order chi connectivity index (χ0) is 42.8. The van der Waals surface area contributed by atoms with E-state index in [0.29, 0.717) is 11.4 Å². The fourth-order valence-electron chi connectivity index (χ4n) is 5.49. The second-order valence-corrected chi connectivity index (χ2v) is 14.9. The molecule has 6 rings (SSSR count). The van der Waals surface area contributed by atoms with Crippen molar-refractivity contribution in [1.29, 1.82) is 0 Å². The Hall–Kier alpha value is -3.86. The van der Waals surface area contributed by atoms with Crippen LogP contribution >= 0.6 is 0 Å². The van der Waals surface area contributed by atoms with Crippen molar-refractivity contribution in [2.24, 2.45) is 20.5 Å². The number of carboxylic acid groups (broad SMARTS) is 2. The van der Waals surface area contributed by atoms with E-state index < -0.39 is 76.7 Å². The van der Waals surface area contributed by atoms with Crippen LogP contribution in [0.25, 0.3) is 21.5 Å². The summed E-state index contributed by atoms with van der Waals surface area (Å²) >= 11 is 0. The van der Waals surface area contributed by atoms with Crippen LogP contribution in [0.15, 0.2) is 127 Å². The van der Waals surface area contributed by atoms with Crippen molar-refractivity contribution in [2.75, 3.05) is 16.0 Å². The molecular formula is C36H25N7Na4O14S2. The standard InChI is InChI=1S/C36H25N7O14S2.4Na/c44-31-25-9-7-21(11-17(25)13-27(58(52,53)54)29(31)42-40-23-5-1-3-19(15-23)38-33(46)35(48)49)37-22-8-10-26-18(12-22)14-28(59(55,56)57)30(32(26)45)43-41-24-6-2-4-20(16-24)39-34(47)36(50)51;;;;/h1-16,37,44-45H,(H,38,46)(H,39,47)(H,48,49)(H,50,51)(H,52,53,54)(H,55,56,57);;;;. The third-order valence-corrected chi connectivity index (χ3v) is 9.81. The average Bonchev–Trinajstić information content (AvgIpc) is 3.16. The van der Waals surface area contributed by atoms with Crippen molar-refractivity contribution in [3.05, 3.63) is 97.1 Å². The van der Waals surface area contributed by atoms with Gasteiger partial charge in [-0.3, -0.25) is 18.7 Å². The van der Waals surface area contributed by atoms with Gasteiger partial charge in [0.05, 0.1) is 11.4 Å². The molecule has 0 unspecified atom stereocenters. The van der Waals surface area contributed by atoms with E-state index in [1.54, 1.807) is 0 Å². The molecule has 0 heterocycles. The number of carbonyl (C=O) groups is 4. The molecule has 0 aliphatic heterocycles. The Kier molecular flexibility index (Phi) is 20.0. The van der Waals surface area contributed by atoms with E-state index in [4.69, 9.17) is 10.2 Å². The van der Waals surface area contributed by atoms with Crippen LogP contribution in [0.5, 0.6) is 11.5 Å². The molecule has 0 spiro atoms. The maximum atomic E-state index is 12.4. The first kappa shape index (κ1) is 55.3. The number of nitrogens with one attached hydrogen (secondary N) is 3. The third kappa shape index (κ3) is 13.6. The minimum Gasteiger partial charge on any atom is -0.505 e. The van der Waals surface area contributed by atoms with Crippen molar-refractivity contribution < 1.29 is 65.5 Å². The molecule has 6 aromatic rings. The molecule has 0 saturated carbocycles. The van der Waals surface area contributed by atoms with E-state index in [9.17, 15) is 55.3 Å². The van der Waals surface area contributed by atoms with Gasteiger partial charge in [0.1, 0.15) is 21.2 Å². The molecule has 0 aliphatic carbocycles. The smallest absolute Gasteiger partial charge is 0.394 e. The fourth-order valence-corrected chi connectivity index (χ4v) is 6.80. The number of fused-ring (bicyclic) bond motifs is 2. The predicted molar refractivity (Wildman–Crippen MR) is 231 cm³/mol. The zero-order valence-electron chi connectivity index (χ0n) is 33.3. The van der Waals surface area contributed by atoms with Gasteiger partial charge in [-0.1, -0.05) is 12.1 Å². The Labute approximate surface area is 444 Å². The fraction of sp³-hybridized carbons (Fsp3) is 0. The number of carbonyl (C=O) groups excluding carboxylic acids is 2. The number of anilines is 4. The van der Waals surface area contributed by atoms with Crippen molar-refractivity contribution >= 4 is 229 Å². The van der Waals surface area contributed by atoms with Crippen LogP contribution in [0.2, 0.25) is 0 Å². The molecule has 0 fully saturated rings. The van der Waals surface area contributed by atoms with Crippen LogP contribution in [0, 0.1) is 0 Å². The van der Waals surface area contributed by atoms with E-state index >= 15 is 0 Å². The van der Waals surface area contributed by atoms with Crippen LogP contribution in [-0.2, 0) is 39.4 Å². The van der Waals surface area contributed by atoms with Crippen LogP contribution in [0.1, 0.15) is 0 Å². The molecule has 0 bridgehead atoms.